The fourth-order valence-electron chi connectivity index (χ4n) is 3.15. The van der Waals surface area contributed by atoms with Crippen LogP contribution < -0.4 is 5.56 Å². The smallest absolute Gasteiger partial charge is 0.275 e. The van der Waals surface area contributed by atoms with Crippen LogP contribution in [0.2, 0.25) is 0 Å². The summed E-state index contributed by atoms with van der Waals surface area (Å²) >= 11 is 1.50. The lowest BCUT2D eigenvalue weighted by Gasteiger charge is -2.21. The Morgan fingerprint density at radius 1 is 1.15 bits per heavy atom. The molecule has 6 heteroatoms. The van der Waals surface area contributed by atoms with E-state index in [1.54, 1.807) is 6.07 Å². The summed E-state index contributed by atoms with van der Waals surface area (Å²) in [5.74, 6) is 0.544. The molecule has 0 fully saturated rings. The first-order chi connectivity index (χ1) is 13.0. The predicted octanol–water partition coefficient (Wildman–Crippen LogP) is 4.25. The van der Waals surface area contributed by atoms with Gasteiger partial charge in [-0.25, -0.2) is 4.98 Å². The van der Waals surface area contributed by atoms with Gasteiger partial charge in [-0.05, 0) is 36.4 Å². The van der Waals surface area contributed by atoms with Crippen molar-refractivity contribution in [1.82, 2.24) is 19.5 Å². The molecular formula is C21H28N4OS. The van der Waals surface area contributed by atoms with E-state index in [-0.39, 0.29) is 5.56 Å². The first-order valence-electron chi connectivity index (χ1n) is 9.70. The van der Waals surface area contributed by atoms with Gasteiger partial charge in [-0.1, -0.05) is 63.3 Å². The van der Waals surface area contributed by atoms with Crippen molar-refractivity contribution in [2.75, 3.05) is 6.54 Å². The number of rotatable bonds is 8. The quantitative estimate of drug-likeness (QED) is 0.583. The summed E-state index contributed by atoms with van der Waals surface area (Å²) in [5.41, 5.74) is 3.37. The first kappa shape index (κ1) is 19.7. The lowest BCUT2D eigenvalue weighted by atomic mass is 10.0. The van der Waals surface area contributed by atoms with E-state index in [2.05, 4.69) is 60.0 Å². The van der Waals surface area contributed by atoms with Gasteiger partial charge < -0.3 is 0 Å². The maximum Gasteiger partial charge on any atom is 0.275 e. The zero-order valence-corrected chi connectivity index (χ0v) is 17.4. The van der Waals surface area contributed by atoms with Crippen LogP contribution >= 0.6 is 11.3 Å². The van der Waals surface area contributed by atoms with Gasteiger partial charge in [0.1, 0.15) is 5.01 Å². The third kappa shape index (κ3) is 4.82. The molecule has 0 saturated carbocycles. The molecule has 5 nitrogen and oxygen atoms in total. The Bertz CT molecular complexity index is 943. The molecule has 2 aromatic heterocycles. The summed E-state index contributed by atoms with van der Waals surface area (Å²) in [6.07, 6.45) is 1.88. The van der Waals surface area contributed by atoms with Gasteiger partial charge in [-0.2, -0.15) is 9.61 Å². The summed E-state index contributed by atoms with van der Waals surface area (Å²) in [4.78, 5) is 20.1. The normalized spacial score (nSPS) is 11.8. The van der Waals surface area contributed by atoms with Gasteiger partial charge in [0, 0.05) is 19.2 Å². The van der Waals surface area contributed by atoms with E-state index in [0.717, 1.165) is 36.6 Å². The number of benzene rings is 1. The van der Waals surface area contributed by atoms with Crippen LogP contribution in [0.5, 0.6) is 0 Å². The Morgan fingerprint density at radius 3 is 2.52 bits per heavy atom. The Labute approximate surface area is 164 Å². The van der Waals surface area contributed by atoms with E-state index in [1.165, 1.54) is 27.0 Å². The van der Waals surface area contributed by atoms with Crippen LogP contribution in [0.1, 0.15) is 61.9 Å². The second-order valence-corrected chi connectivity index (χ2v) is 8.28. The molecule has 1 aromatic carbocycles. The molecule has 0 radical (unpaired) electrons. The van der Waals surface area contributed by atoms with E-state index in [4.69, 9.17) is 0 Å². The summed E-state index contributed by atoms with van der Waals surface area (Å²) < 4.78 is 1.42. The van der Waals surface area contributed by atoms with Crippen molar-refractivity contribution in [3.8, 4) is 0 Å². The van der Waals surface area contributed by atoms with Crippen LogP contribution in [0.3, 0.4) is 0 Å². The molecule has 2 heterocycles. The highest BCUT2D eigenvalue weighted by atomic mass is 32.1. The van der Waals surface area contributed by atoms with Gasteiger partial charge in [0.25, 0.3) is 5.56 Å². The molecule has 0 unspecified atom stereocenters. The highest BCUT2D eigenvalue weighted by molar-refractivity contribution is 7.16. The zero-order valence-electron chi connectivity index (χ0n) is 16.6. The molecule has 144 valence electrons. The van der Waals surface area contributed by atoms with Gasteiger partial charge in [0.05, 0.1) is 5.69 Å². The average molecular weight is 385 g/mol. The van der Waals surface area contributed by atoms with Crippen molar-refractivity contribution in [3.05, 3.63) is 62.5 Å². The largest absolute Gasteiger partial charge is 0.293 e. The maximum atomic E-state index is 12.4. The van der Waals surface area contributed by atoms with Gasteiger partial charge in [0.15, 0.2) is 0 Å². The Balaban J connectivity index is 1.79. The second kappa shape index (κ2) is 8.76. The Kier molecular flexibility index (Phi) is 6.39. The first-order valence-corrected chi connectivity index (χ1v) is 10.5. The van der Waals surface area contributed by atoms with Crippen molar-refractivity contribution in [2.24, 2.45) is 0 Å². The summed E-state index contributed by atoms with van der Waals surface area (Å²) in [7, 11) is 0. The molecule has 27 heavy (non-hydrogen) atoms. The molecule has 0 aliphatic heterocycles. The van der Waals surface area contributed by atoms with Gasteiger partial charge in [0.2, 0.25) is 4.96 Å². The van der Waals surface area contributed by atoms with E-state index in [9.17, 15) is 4.79 Å². The predicted molar refractivity (Wildman–Crippen MR) is 111 cm³/mol. The average Bonchev–Trinajstić information content (AvgIpc) is 3.06. The minimum absolute atomic E-state index is 0.0938. The van der Waals surface area contributed by atoms with Crippen molar-refractivity contribution >= 4 is 16.3 Å². The number of aromatic nitrogens is 3. The van der Waals surface area contributed by atoms with Crippen LogP contribution in [0.15, 0.2) is 35.1 Å². The molecule has 0 atom stereocenters. The third-order valence-corrected chi connectivity index (χ3v) is 5.67. The van der Waals surface area contributed by atoms with Crippen molar-refractivity contribution in [3.63, 3.8) is 0 Å². The summed E-state index contributed by atoms with van der Waals surface area (Å²) in [5, 5.41) is 5.26. The van der Waals surface area contributed by atoms with Crippen LogP contribution in [-0.4, -0.2) is 26.0 Å². The van der Waals surface area contributed by atoms with Crippen molar-refractivity contribution in [2.45, 2.75) is 59.5 Å². The Morgan fingerprint density at radius 2 is 1.89 bits per heavy atom. The highest BCUT2D eigenvalue weighted by Crippen LogP contribution is 2.17. The lowest BCUT2D eigenvalue weighted by Crippen LogP contribution is -2.26. The van der Waals surface area contributed by atoms with Crippen LogP contribution in [-0.2, 0) is 19.5 Å². The molecule has 0 aliphatic rings. The van der Waals surface area contributed by atoms with Crippen LogP contribution in [0.4, 0.5) is 0 Å². The molecule has 0 bridgehead atoms. The molecule has 0 amide bonds. The van der Waals surface area contributed by atoms with Gasteiger partial charge >= 0.3 is 0 Å². The highest BCUT2D eigenvalue weighted by Gasteiger charge is 2.12. The van der Waals surface area contributed by atoms with Gasteiger partial charge in [-0.3, -0.25) is 9.69 Å². The van der Waals surface area contributed by atoms with Crippen molar-refractivity contribution < 1.29 is 0 Å². The molecule has 0 aliphatic carbocycles. The number of hydrogen-bond donors (Lipinski definition) is 0. The number of nitrogens with zero attached hydrogens (tertiary/aromatic N) is 4. The van der Waals surface area contributed by atoms with E-state index in [0.29, 0.717) is 17.4 Å². The number of aryl methyl sites for hydroxylation is 1. The third-order valence-electron chi connectivity index (χ3n) is 4.62. The SMILES string of the molecule is CCCN(Cc1ccc(C(C)C)cc1)Cc1cc(=O)n2nc(CC)sc2n1. The minimum atomic E-state index is -0.0938. The van der Waals surface area contributed by atoms with Crippen molar-refractivity contribution in [1.29, 1.82) is 0 Å². The van der Waals surface area contributed by atoms with E-state index < -0.39 is 0 Å². The number of fused-ring (bicyclic) bond motifs is 1. The van der Waals surface area contributed by atoms with Crippen LogP contribution in [0.25, 0.3) is 4.96 Å². The molecule has 3 aromatic rings. The maximum absolute atomic E-state index is 12.4. The molecule has 0 saturated heterocycles. The fraction of sp³-hybridized carbons (Fsp3) is 0.476. The van der Waals surface area contributed by atoms with E-state index >= 15 is 0 Å². The Hall–Kier alpha value is -2.05. The molecule has 0 N–H and O–H groups in total. The number of hydrogen-bond acceptors (Lipinski definition) is 5. The summed E-state index contributed by atoms with van der Waals surface area (Å²) in [6, 6.07) is 10.5. The zero-order chi connectivity index (χ0) is 19.4. The standard InChI is InChI=1S/C21H28N4OS/c1-5-11-24(13-16-7-9-17(10-8-16)15(3)4)14-18-12-20(26)25-21(22-18)27-19(6-2)23-25/h7-10,12,15H,5-6,11,13-14H2,1-4H3. The fourth-order valence-corrected chi connectivity index (χ4v) is 4.00. The molecule has 0 spiro atoms. The molecular weight excluding hydrogens is 356 g/mol. The monoisotopic (exact) mass is 384 g/mol. The topological polar surface area (TPSA) is 50.5 Å². The van der Waals surface area contributed by atoms with Gasteiger partial charge in [-0.15, -0.1) is 0 Å². The minimum Gasteiger partial charge on any atom is -0.293 e. The van der Waals surface area contributed by atoms with E-state index in [1.807, 2.05) is 6.92 Å². The summed E-state index contributed by atoms with van der Waals surface area (Å²) in [6.45, 7) is 11.1. The second-order valence-electron chi connectivity index (χ2n) is 7.24. The molecule has 3 rings (SSSR count). The van der Waals surface area contributed by atoms with Crippen LogP contribution in [0, 0.1) is 0 Å². The lowest BCUT2D eigenvalue weighted by molar-refractivity contribution is 0.254.